The molecule has 2 aliphatic rings. The van der Waals surface area contributed by atoms with E-state index < -0.39 is 43.0 Å². The van der Waals surface area contributed by atoms with Crippen molar-refractivity contribution in [3.05, 3.63) is 120 Å². The van der Waals surface area contributed by atoms with E-state index in [4.69, 9.17) is 28.4 Å². The van der Waals surface area contributed by atoms with Gasteiger partial charge in [0.25, 0.3) is 0 Å². The monoisotopic (exact) mass is 502 g/mol. The van der Waals surface area contributed by atoms with Crippen LogP contribution in [0.3, 0.4) is 0 Å². The summed E-state index contributed by atoms with van der Waals surface area (Å²) >= 11 is 0. The van der Waals surface area contributed by atoms with Crippen LogP contribution in [0.1, 0.15) is 27.8 Å². The molecule has 0 unspecified atom stereocenters. The van der Waals surface area contributed by atoms with Gasteiger partial charge in [-0.25, -0.2) is 4.79 Å². The number of carbonyl (C=O) groups is 1. The van der Waals surface area contributed by atoms with E-state index in [9.17, 15) is 4.79 Å². The number of esters is 1. The molecule has 0 saturated carbocycles. The van der Waals surface area contributed by atoms with Crippen molar-refractivity contribution in [2.24, 2.45) is 0 Å². The van der Waals surface area contributed by atoms with Crippen molar-refractivity contribution in [1.29, 1.82) is 0 Å². The molecule has 3 aromatic rings. The Labute approximate surface area is 216 Å². The molecular formula is C30H30O7. The van der Waals surface area contributed by atoms with Crippen LogP contribution in [0.15, 0.2) is 104 Å². The zero-order chi connectivity index (χ0) is 25.5. The van der Waals surface area contributed by atoms with Crippen LogP contribution in [0.4, 0.5) is 0 Å². The molecule has 0 radical (unpaired) electrons. The summed E-state index contributed by atoms with van der Waals surface area (Å²) in [4.78, 5) is 13.2. The van der Waals surface area contributed by atoms with Gasteiger partial charge >= 0.3 is 5.97 Å². The van der Waals surface area contributed by atoms with Gasteiger partial charge < -0.3 is 28.4 Å². The molecule has 2 heterocycles. The normalized spacial score (nSPS) is 27.1. The summed E-state index contributed by atoms with van der Waals surface area (Å²) in [5.41, 5.74) is 2.26. The second-order valence-corrected chi connectivity index (χ2v) is 8.84. The van der Waals surface area contributed by atoms with Crippen molar-refractivity contribution < 1.29 is 33.2 Å². The standard InChI is InChI=1S/C30H30O7/c1-2-18-32-30-27(33-19-21-12-6-3-7-13-21)26(36-28(31)22-14-8-4-9-15-22)25-24(35-30)20-34-29(37-25)23-16-10-5-11-17-23/h2-17,24-27,29-30H,1,18-20H2/t24-,25+,26+,27-,29+,30-/m1/s1. The van der Waals surface area contributed by atoms with Crippen LogP contribution in [-0.2, 0) is 35.0 Å². The van der Waals surface area contributed by atoms with Crippen molar-refractivity contribution in [2.75, 3.05) is 13.2 Å². The van der Waals surface area contributed by atoms with E-state index in [0.29, 0.717) is 5.56 Å². The number of hydrogen-bond donors (Lipinski definition) is 0. The van der Waals surface area contributed by atoms with Gasteiger partial charge in [0, 0.05) is 5.56 Å². The van der Waals surface area contributed by atoms with Gasteiger partial charge in [-0.3, -0.25) is 0 Å². The molecule has 0 amide bonds. The molecule has 6 atom stereocenters. The molecule has 7 heteroatoms. The summed E-state index contributed by atoms with van der Waals surface area (Å²) in [5.74, 6) is -0.478. The average Bonchev–Trinajstić information content (AvgIpc) is 2.96. The zero-order valence-electron chi connectivity index (χ0n) is 20.4. The predicted molar refractivity (Wildman–Crippen MR) is 135 cm³/mol. The lowest BCUT2D eigenvalue weighted by molar-refractivity contribution is -0.364. The second-order valence-electron chi connectivity index (χ2n) is 8.84. The molecule has 0 aliphatic carbocycles. The highest BCUT2D eigenvalue weighted by molar-refractivity contribution is 5.89. The van der Waals surface area contributed by atoms with Gasteiger partial charge in [0.15, 0.2) is 18.7 Å². The smallest absolute Gasteiger partial charge is 0.338 e. The molecule has 2 aliphatic heterocycles. The molecular weight excluding hydrogens is 472 g/mol. The minimum absolute atomic E-state index is 0.237. The van der Waals surface area contributed by atoms with Crippen molar-refractivity contribution in [1.82, 2.24) is 0 Å². The number of hydrogen-bond acceptors (Lipinski definition) is 7. The van der Waals surface area contributed by atoms with Gasteiger partial charge in [-0.15, -0.1) is 6.58 Å². The maximum atomic E-state index is 13.2. The van der Waals surface area contributed by atoms with Crippen LogP contribution in [0.2, 0.25) is 0 Å². The van der Waals surface area contributed by atoms with Crippen molar-refractivity contribution in [2.45, 2.75) is 43.6 Å². The quantitative estimate of drug-likeness (QED) is 0.306. The van der Waals surface area contributed by atoms with E-state index in [1.165, 1.54) is 0 Å². The average molecular weight is 503 g/mol. The molecule has 0 spiro atoms. The fourth-order valence-electron chi connectivity index (χ4n) is 4.47. The van der Waals surface area contributed by atoms with Gasteiger partial charge in [0.05, 0.1) is 25.4 Å². The predicted octanol–water partition coefficient (Wildman–Crippen LogP) is 4.84. The molecule has 5 rings (SSSR count). The van der Waals surface area contributed by atoms with Gasteiger partial charge in [-0.2, -0.15) is 0 Å². The van der Waals surface area contributed by atoms with Crippen LogP contribution in [0.5, 0.6) is 0 Å². The second kappa shape index (κ2) is 12.3. The molecule has 3 aromatic carbocycles. The summed E-state index contributed by atoms with van der Waals surface area (Å²) in [5, 5.41) is 0. The maximum absolute atomic E-state index is 13.2. The Hall–Kier alpha value is -3.33. The van der Waals surface area contributed by atoms with E-state index in [1.54, 1.807) is 30.3 Å². The number of ether oxygens (including phenoxy) is 6. The number of benzene rings is 3. The molecule has 7 nitrogen and oxygen atoms in total. The number of carbonyl (C=O) groups excluding carboxylic acids is 1. The van der Waals surface area contributed by atoms with Gasteiger partial charge in [0.2, 0.25) is 0 Å². The Morgan fingerprint density at radius 3 is 2.24 bits per heavy atom. The Balaban J connectivity index is 1.44. The molecule has 0 N–H and O–H groups in total. The van der Waals surface area contributed by atoms with Crippen LogP contribution < -0.4 is 0 Å². The highest BCUT2D eigenvalue weighted by atomic mass is 16.8. The zero-order valence-corrected chi connectivity index (χ0v) is 20.4. The van der Waals surface area contributed by atoms with Crippen molar-refractivity contribution in [3.63, 3.8) is 0 Å². The fourth-order valence-corrected chi connectivity index (χ4v) is 4.47. The highest BCUT2D eigenvalue weighted by Crippen LogP contribution is 2.37. The molecule has 0 bridgehead atoms. The van der Waals surface area contributed by atoms with Crippen LogP contribution in [0.25, 0.3) is 0 Å². The van der Waals surface area contributed by atoms with Crippen LogP contribution in [0, 0.1) is 0 Å². The number of fused-ring (bicyclic) bond motifs is 1. The largest absolute Gasteiger partial charge is 0.453 e. The fraction of sp³-hybridized carbons (Fsp3) is 0.300. The van der Waals surface area contributed by atoms with E-state index in [-0.39, 0.29) is 19.8 Å². The van der Waals surface area contributed by atoms with Gasteiger partial charge in [0.1, 0.15) is 18.3 Å². The molecule has 0 aromatic heterocycles. The SMILES string of the molecule is C=CCO[C@@H]1O[C@@H]2CO[C@H](c3ccccc3)O[C@@H]2[C@H](OC(=O)c2ccccc2)[C@H]1OCc1ccccc1. The Morgan fingerprint density at radius 2 is 1.54 bits per heavy atom. The van der Waals surface area contributed by atoms with E-state index >= 15 is 0 Å². The van der Waals surface area contributed by atoms with E-state index in [0.717, 1.165) is 11.1 Å². The molecule has 37 heavy (non-hydrogen) atoms. The summed E-state index contributed by atoms with van der Waals surface area (Å²) in [7, 11) is 0. The van der Waals surface area contributed by atoms with Gasteiger partial charge in [-0.1, -0.05) is 84.9 Å². The minimum Gasteiger partial charge on any atom is -0.453 e. The van der Waals surface area contributed by atoms with Gasteiger partial charge in [-0.05, 0) is 17.7 Å². The Bertz CT molecular complexity index is 1140. The third-order valence-electron chi connectivity index (χ3n) is 6.27. The van der Waals surface area contributed by atoms with E-state index in [1.807, 2.05) is 66.7 Å². The summed E-state index contributed by atoms with van der Waals surface area (Å²) in [6.07, 6.45) is -2.57. The van der Waals surface area contributed by atoms with Crippen molar-refractivity contribution >= 4 is 5.97 Å². The lowest BCUT2D eigenvalue weighted by atomic mass is 9.97. The maximum Gasteiger partial charge on any atom is 0.338 e. The van der Waals surface area contributed by atoms with Crippen molar-refractivity contribution in [3.8, 4) is 0 Å². The van der Waals surface area contributed by atoms with Crippen LogP contribution in [-0.4, -0.2) is 49.9 Å². The molecule has 192 valence electrons. The summed E-state index contributed by atoms with van der Waals surface area (Å²) < 4.78 is 37.0. The van der Waals surface area contributed by atoms with E-state index in [2.05, 4.69) is 6.58 Å². The summed E-state index contributed by atoms with van der Waals surface area (Å²) in [6.45, 7) is 4.49. The topological polar surface area (TPSA) is 72.5 Å². The first-order valence-electron chi connectivity index (χ1n) is 12.3. The highest BCUT2D eigenvalue weighted by Gasteiger charge is 2.53. The summed E-state index contributed by atoms with van der Waals surface area (Å²) in [6, 6.07) is 28.2. The first-order chi connectivity index (χ1) is 18.2. The molecule has 2 fully saturated rings. The Kier molecular flexibility index (Phi) is 8.40. The minimum atomic E-state index is -0.822. The van der Waals surface area contributed by atoms with Crippen LogP contribution >= 0.6 is 0 Å². The third kappa shape index (κ3) is 6.15. The number of rotatable bonds is 9. The lowest BCUT2D eigenvalue weighted by Gasteiger charge is -2.48. The first-order valence-corrected chi connectivity index (χ1v) is 12.3. The first kappa shape index (κ1) is 25.3. The Morgan fingerprint density at radius 1 is 0.865 bits per heavy atom. The lowest BCUT2D eigenvalue weighted by Crippen LogP contribution is -2.64. The third-order valence-corrected chi connectivity index (χ3v) is 6.27. The molecule has 2 saturated heterocycles.